The maximum Gasteiger partial charge on any atom is 0.229 e. The molecule has 2 aliphatic heterocycles. The average molecular weight is 451 g/mol. The topological polar surface area (TPSA) is 111 Å². The van der Waals surface area contributed by atoms with Gasteiger partial charge in [-0.1, -0.05) is 12.2 Å². The summed E-state index contributed by atoms with van der Waals surface area (Å²) in [5.41, 5.74) is 4.39. The number of carbonyl (C=O) groups is 1. The average Bonchev–Trinajstić information content (AvgIpc) is 3.55. The molecule has 33 heavy (non-hydrogen) atoms. The fourth-order valence-electron chi connectivity index (χ4n) is 4.83. The SMILES string of the molecule is CN(Cc1cnc(Nc2cn[nH]c2)nc1N(C=O)C1CCOC1)C1CCNC2=C1C=CCC2. The van der Waals surface area contributed by atoms with Crippen LogP contribution in [0.15, 0.2) is 42.0 Å². The molecule has 10 nitrogen and oxygen atoms in total. The zero-order valence-electron chi connectivity index (χ0n) is 18.8. The Bertz CT molecular complexity index is 1030. The first kappa shape index (κ1) is 21.6. The lowest BCUT2D eigenvalue weighted by Gasteiger charge is -2.36. The number of nitrogens with zero attached hydrogens (tertiary/aromatic N) is 5. The van der Waals surface area contributed by atoms with Crippen LogP contribution in [0.4, 0.5) is 17.5 Å². The molecule has 3 aliphatic rings. The number of aromatic amines is 1. The molecule has 4 heterocycles. The molecule has 0 radical (unpaired) electrons. The smallest absolute Gasteiger partial charge is 0.229 e. The summed E-state index contributed by atoms with van der Waals surface area (Å²) in [5.74, 6) is 1.04. The third kappa shape index (κ3) is 4.62. The van der Waals surface area contributed by atoms with Crippen LogP contribution in [-0.2, 0) is 16.1 Å². The van der Waals surface area contributed by atoms with E-state index in [0.717, 1.165) is 49.9 Å². The van der Waals surface area contributed by atoms with Gasteiger partial charge in [0, 0.05) is 49.4 Å². The predicted octanol–water partition coefficient (Wildman–Crippen LogP) is 2.09. The van der Waals surface area contributed by atoms with Crippen LogP contribution in [0, 0.1) is 0 Å². The van der Waals surface area contributed by atoms with E-state index >= 15 is 0 Å². The minimum absolute atomic E-state index is 0.0299. The van der Waals surface area contributed by atoms with Gasteiger partial charge in [0.15, 0.2) is 0 Å². The molecule has 0 bridgehead atoms. The Morgan fingerprint density at radius 1 is 1.33 bits per heavy atom. The lowest BCUT2D eigenvalue weighted by Crippen LogP contribution is -2.41. The number of anilines is 3. The molecule has 2 atom stereocenters. The van der Waals surface area contributed by atoms with Crippen molar-refractivity contribution >= 4 is 23.9 Å². The number of H-pyrrole nitrogens is 1. The number of allylic oxidation sites excluding steroid dienone is 2. The summed E-state index contributed by atoms with van der Waals surface area (Å²) >= 11 is 0. The number of hydrogen-bond acceptors (Lipinski definition) is 8. The van der Waals surface area contributed by atoms with Crippen molar-refractivity contribution in [2.75, 3.05) is 37.0 Å². The Labute approximate surface area is 193 Å². The van der Waals surface area contributed by atoms with Crippen LogP contribution >= 0.6 is 0 Å². The van der Waals surface area contributed by atoms with E-state index in [1.54, 1.807) is 17.3 Å². The molecule has 1 amide bonds. The van der Waals surface area contributed by atoms with Crippen LogP contribution in [0.3, 0.4) is 0 Å². The summed E-state index contributed by atoms with van der Waals surface area (Å²) in [6.45, 7) is 2.76. The highest BCUT2D eigenvalue weighted by atomic mass is 16.5. The molecule has 174 valence electrons. The van der Waals surface area contributed by atoms with E-state index in [1.165, 1.54) is 11.3 Å². The molecule has 2 aromatic rings. The minimum atomic E-state index is -0.0299. The zero-order valence-corrected chi connectivity index (χ0v) is 18.8. The van der Waals surface area contributed by atoms with E-state index in [4.69, 9.17) is 9.72 Å². The van der Waals surface area contributed by atoms with Crippen LogP contribution in [0.5, 0.6) is 0 Å². The summed E-state index contributed by atoms with van der Waals surface area (Å²) in [6, 6.07) is 0.284. The van der Waals surface area contributed by atoms with Gasteiger partial charge in [0.1, 0.15) is 5.82 Å². The number of amides is 1. The van der Waals surface area contributed by atoms with E-state index in [-0.39, 0.29) is 6.04 Å². The van der Waals surface area contributed by atoms with Gasteiger partial charge in [-0.05, 0) is 38.3 Å². The number of aromatic nitrogens is 4. The molecule has 0 aromatic carbocycles. The summed E-state index contributed by atoms with van der Waals surface area (Å²) in [4.78, 5) is 25.5. The lowest BCUT2D eigenvalue weighted by atomic mass is 9.91. The molecule has 1 fully saturated rings. The molecule has 3 N–H and O–H groups in total. The predicted molar refractivity (Wildman–Crippen MR) is 125 cm³/mol. The Hall–Kier alpha value is -3.24. The van der Waals surface area contributed by atoms with Crippen LogP contribution in [0.25, 0.3) is 0 Å². The Balaban J connectivity index is 1.44. The maximum absolute atomic E-state index is 12.2. The van der Waals surface area contributed by atoms with Gasteiger partial charge >= 0.3 is 0 Å². The van der Waals surface area contributed by atoms with E-state index < -0.39 is 0 Å². The molecule has 0 spiro atoms. The molecular weight excluding hydrogens is 420 g/mol. The fourth-order valence-corrected chi connectivity index (χ4v) is 4.83. The van der Waals surface area contributed by atoms with Crippen molar-refractivity contribution in [3.8, 4) is 0 Å². The van der Waals surface area contributed by atoms with Gasteiger partial charge in [0.05, 0.1) is 24.5 Å². The normalized spacial score (nSPS) is 22.2. The largest absolute Gasteiger partial charge is 0.388 e. The minimum Gasteiger partial charge on any atom is -0.388 e. The first-order valence-electron chi connectivity index (χ1n) is 11.5. The second-order valence-corrected chi connectivity index (χ2v) is 8.71. The fraction of sp³-hybridized carbons (Fsp3) is 0.478. The Kier molecular flexibility index (Phi) is 6.36. The van der Waals surface area contributed by atoms with Crippen molar-refractivity contribution in [3.63, 3.8) is 0 Å². The van der Waals surface area contributed by atoms with Crippen LogP contribution in [0.2, 0.25) is 0 Å². The number of likely N-dealkylation sites (N-methyl/N-ethyl adjacent to an activating group) is 1. The highest BCUT2D eigenvalue weighted by Gasteiger charge is 2.30. The van der Waals surface area contributed by atoms with Gasteiger partial charge in [0.25, 0.3) is 0 Å². The summed E-state index contributed by atoms with van der Waals surface area (Å²) < 4.78 is 5.55. The third-order valence-corrected chi connectivity index (χ3v) is 6.53. The number of carbonyl (C=O) groups excluding carboxylic acids is 1. The van der Waals surface area contributed by atoms with Gasteiger partial charge in [0.2, 0.25) is 12.4 Å². The van der Waals surface area contributed by atoms with Gasteiger partial charge in [-0.15, -0.1) is 0 Å². The van der Waals surface area contributed by atoms with Crippen molar-refractivity contribution < 1.29 is 9.53 Å². The number of hydrogen-bond donors (Lipinski definition) is 3. The van der Waals surface area contributed by atoms with E-state index in [9.17, 15) is 4.79 Å². The van der Waals surface area contributed by atoms with E-state index in [2.05, 4.69) is 49.9 Å². The summed E-state index contributed by atoms with van der Waals surface area (Å²) in [7, 11) is 2.13. The Morgan fingerprint density at radius 3 is 3.06 bits per heavy atom. The number of rotatable bonds is 8. The molecule has 2 unspecified atom stereocenters. The van der Waals surface area contributed by atoms with E-state index in [0.29, 0.717) is 37.6 Å². The second-order valence-electron chi connectivity index (χ2n) is 8.71. The molecule has 5 rings (SSSR count). The second kappa shape index (κ2) is 9.72. The monoisotopic (exact) mass is 450 g/mol. The molecule has 10 heteroatoms. The van der Waals surface area contributed by atoms with Crippen LogP contribution in [-0.4, -0.2) is 70.4 Å². The van der Waals surface area contributed by atoms with Crippen LogP contribution in [0.1, 0.15) is 31.2 Å². The zero-order chi connectivity index (χ0) is 22.6. The molecule has 0 saturated carbocycles. The van der Waals surface area contributed by atoms with E-state index in [1.807, 2.05) is 6.20 Å². The summed E-state index contributed by atoms with van der Waals surface area (Å²) in [5, 5.41) is 13.4. The van der Waals surface area contributed by atoms with Gasteiger partial charge in [-0.2, -0.15) is 10.1 Å². The molecule has 1 saturated heterocycles. The third-order valence-electron chi connectivity index (χ3n) is 6.53. The van der Waals surface area contributed by atoms with Crippen LogP contribution < -0.4 is 15.5 Å². The first-order chi connectivity index (χ1) is 16.2. The van der Waals surface area contributed by atoms with Crippen molar-refractivity contribution in [3.05, 3.63) is 47.6 Å². The maximum atomic E-state index is 12.2. The summed E-state index contributed by atoms with van der Waals surface area (Å²) in [6.07, 6.45) is 14.6. The Morgan fingerprint density at radius 2 is 2.27 bits per heavy atom. The van der Waals surface area contributed by atoms with Crippen molar-refractivity contribution in [1.82, 2.24) is 30.4 Å². The number of nitrogens with one attached hydrogen (secondary N) is 3. The first-order valence-corrected chi connectivity index (χ1v) is 11.5. The van der Waals surface area contributed by atoms with Gasteiger partial charge < -0.3 is 15.4 Å². The molecule has 2 aromatic heterocycles. The highest BCUT2D eigenvalue weighted by Crippen LogP contribution is 2.30. The van der Waals surface area contributed by atoms with Crippen molar-refractivity contribution in [1.29, 1.82) is 0 Å². The quantitative estimate of drug-likeness (QED) is 0.525. The van der Waals surface area contributed by atoms with Gasteiger partial charge in [-0.3, -0.25) is 19.7 Å². The number of ether oxygens (including phenoxy) is 1. The van der Waals surface area contributed by atoms with Gasteiger partial charge in [-0.25, -0.2) is 4.98 Å². The molecule has 1 aliphatic carbocycles. The highest BCUT2D eigenvalue weighted by molar-refractivity contribution is 5.76. The standard InChI is InChI=1S/C23H30N8O2/c1-30(21-6-8-24-20-5-3-2-4-19(20)21)13-16-10-25-23(28-17-11-26-27-12-17)29-22(16)31(15-32)18-7-9-33-14-18/h2,4,10-12,15,18,21,24H,3,5-9,13-14H2,1H3,(H,26,27)(H,25,28,29). The van der Waals surface area contributed by atoms with Crippen molar-refractivity contribution in [2.24, 2.45) is 0 Å². The molecular formula is C23H30N8O2. The lowest BCUT2D eigenvalue weighted by molar-refractivity contribution is -0.107. The van der Waals surface area contributed by atoms with Crippen molar-refractivity contribution in [2.45, 2.75) is 44.3 Å².